The fourth-order valence-corrected chi connectivity index (χ4v) is 3.08. The van der Waals surface area contributed by atoms with Gasteiger partial charge < -0.3 is 10.6 Å². The molecule has 2 rings (SSSR count). The lowest BCUT2D eigenvalue weighted by molar-refractivity contribution is -0.114. The topological polar surface area (TPSA) is 58.2 Å². The minimum atomic E-state index is -0.180. The molecule has 132 valence electrons. The summed E-state index contributed by atoms with van der Waals surface area (Å²) in [6, 6.07) is 10.6. The van der Waals surface area contributed by atoms with Crippen LogP contribution in [0, 0.1) is 13.8 Å². The molecule has 0 atom stereocenters. The number of amides is 2. The van der Waals surface area contributed by atoms with E-state index < -0.39 is 0 Å². The van der Waals surface area contributed by atoms with Crippen molar-refractivity contribution in [2.75, 3.05) is 22.1 Å². The molecule has 0 saturated carbocycles. The maximum absolute atomic E-state index is 12.0. The van der Waals surface area contributed by atoms with Gasteiger partial charge in [0.15, 0.2) is 0 Å². The van der Waals surface area contributed by atoms with Gasteiger partial charge in [-0.05, 0) is 55.3 Å². The Morgan fingerprint density at radius 2 is 1.60 bits per heavy atom. The highest BCUT2D eigenvalue weighted by Crippen LogP contribution is 2.21. The number of benzene rings is 2. The Morgan fingerprint density at radius 1 is 0.920 bits per heavy atom. The lowest BCUT2D eigenvalue weighted by Crippen LogP contribution is -2.18. The number of rotatable bonds is 6. The molecule has 25 heavy (non-hydrogen) atoms. The summed E-state index contributed by atoms with van der Waals surface area (Å²) in [5.41, 5.74) is 3.19. The molecule has 2 aromatic carbocycles. The van der Waals surface area contributed by atoms with Gasteiger partial charge in [0.1, 0.15) is 0 Å². The van der Waals surface area contributed by atoms with Gasteiger partial charge in [0.05, 0.1) is 11.5 Å². The molecule has 0 aromatic heterocycles. The minimum Gasteiger partial charge on any atom is -0.325 e. The van der Waals surface area contributed by atoms with E-state index >= 15 is 0 Å². The van der Waals surface area contributed by atoms with E-state index in [2.05, 4.69) is 10.6 Å². The highest BCUT2D eigenvalue weighted by molar-refractivity contribution is 8.00. The van der Waals surface area contributed by atoms with Crippen LogP contribution in [-0.2, 0) is 9.59 Å². The molecular weight excluding hydrogens is 379 g/mol. The van der Waals surface area contributed by atoms with Crippen LogP contribution in [0.25, 0.3) is 0 Å². The van der Waals surface area contributed by atoms with Gasteiger partial charge in [-0.2, -0.15) is 0 Å². The number of carbonyl (C=O) groups excluding carboxylic acids is 2. The minimum absolute atomic E-state index is 0.165. The van der Waals surface area contributed by atoms with Crippen molar-refractivity contribution >= 4 is 58.2 Å². The highest BCUT2D eigenvalue weighted by Gasteiger charge is 2.08. The van der Waals surface area contributed by atoms with Crippen LogP contribution in [0.15, 0.2) is 36.4 Å². The van der Waals surface area contributed by atoms with Crippen LogP contribution < -0.4 is 10.6 Å². The average Bonchev–Trinajstić information content (AvgIpc) is 2.54. The lowest BCUT2D eigenvalue weighted by Gasteiger charge is -2.09. The molecule has 0 aliphatic carbocycles. The number of thioether (sulfide) groups is 1. The van der Waals surface area contributed by atoms with Crippen LogP contribution in [0.4, 0.5) is 11.4 Å². The molecule has 0 heterocycles. The van der Waals surface area contributed by atoms with E-state index in [4.69, 9.17) is 23.2 Å². The predicted octanol–water partition coefficient (Wildman–Crippen LogP) is 4.92. The molecule has 2 N–H and O–H groups in total. The van der Waals surface area contributed by atoms with Crippen molar-refractivity contribution < 1.29 is 9.59 Å². The zero-order valence-corrected chi connectivity index (χ0v) is 16.2. The summed E-state index contributed by atoms with van der Waals surface area (Å²) in [7, 11) is 0. The van der Waals surface area contributed by atoms with Gasteiger partial charge in [0, 0.05) is 21.4 Å². The number of anilines is 2. The molecule has 0 fully saturated rings. The van der Waals surface area contributed by atoms with E-state index in [9.17, 15) is 9.59 Å². The fourth-order valence-electron chi connectivity index (χ4n) is 2.06. The van der Waals surface area contributed by atoms with Gasteiger partial charge in [-0.25, -0.2) is 0 Å². The SMILES string of the molecule is Cc1ccc(NC(=O)CSCC(=O)Nc2ccc(Cl)cc2C)cc1Cl. The summed E-state index contributed by atoms with van der Waals surface area (Å²) in [6.07, 6.45) is 0. The molecule has 0 saturated heterocycles. The number of aryl methyl sites for hydroxylation is 2. The highest BCUT2D eigenvalue weighted by atomic mass is 35.5. The van der Waals surface area contributed by atoms with Crippen molar-refractivity contribution in [3.8, 4) is 0 Å². The van der Waals surface area contributed by atoms with Crippen molar-refractivity contribution in [3.63, 3.8) is 0 Å². The quantitative estimate of drug-likeness (QED) is 0.728. The van der Waals surface area contributed by atoms with Gasteiger partial charge in [-0.3, -0.25) is 9.59 Å². The first-order chi connectivity index (χ1) is 11.8. The summed E-state index contributed by atoms with van der Waals surface area (Å²) in [4.78, 5) is 23.9. The monoisotopic (exact) mass is 396 g/mol. The number of nitrogens with one attached hydrogen (secondary N) is 2. The molecule has 2 aromatic rings. The summed E-state index contributed by atoms with van der Waals surface area (Å²) < 4.78 is 0. The normalized spacial score (nSPS) is 10.4. The Hall–Kier alpha value is -1.69. The van der Waals surface area contributed by atoms with E-state index in [-0.39, 0.29) is 23.3 Å². The van der Waals surface area contributed by atoms with Crippen LogP contribution in [-0.4, -0.2) is 23.3 Å². The lowest BCUT2D eigenvalue weighted by atomic mass is 10.2. The third-order valence-electron chi connectivity index (χ3n) is 3.38. The van der Waals surface area contributed by atoms with Crippen molar-refractivity contribution in [3.05, 3.63) is 57.6 Å². The van der Waals surface area contributed by atoms with Gasteiger partial charge in [-0.1, -0.05) is 29.3 Å². The van der Waals surface area contributed by atoms with Crippen molar-refractivity contribution in [2.45, 2.75) is 13.8 Å². The Kier molecular flexibility index (Phi) is 7.17. The van der Waals surface area contributed by atoms with Crippen molar-refractivity contribution in [1.29, 1.82) is 0 Å². The number of hydrogen-bond acceptors (Lipinski definition) is 3. The Bertz CT molecular complexity index is 797. The second-order valence-corrected chi connectivity index (χ2v) is 7.34. The second kappa shape index (κ2) is 9.13. The Balaban J connectivity index is 1.76. The van der Waals surface area contributed by atoms with E-state index in [1.165, 1.54) is 11.8 Å². The molecule has 0 aliphatic heterocycles. The average molecular weight is 397 g/mol. The summed E-state index contributed by atoms with van der Waals surface area (Å²) >= 11 is 13.2. The van der Waals surface area contributed by atoms with Crippen LogP contribution in [0.3, 0.4) is 0 Å². The van der Waals surface area contributed by atoms with Crippen LogP contribution in [0.2, 0.25) is 10.0 Å². The first kappa shape index (κ1) is 19.6. The Labute approximate surface area is 161 Å². The zero-order chi connectivity index (χ0) is 18.4. The third kappa shape index (κ3) is 6.27. The molecule has 0 aliphatic rings. The smallest absolute Gasteiger partial charge is 0.234 e. The van der Waals surface area contributed by atoms with Gasteiger partial charge in [-0.15, -0.1) is 11.8 Å². The van der Waals surface area contributed by atoms with E-state index in [0.29, 0.717) is 21.4 Å². The molecule has 7 heteroatoms. The van der Waals surface area contributed by atoms with Crippen LogP contribution in [0.5, 0.6) is 0 Å². The molecular formula is C18H18Cl2N2O2S. The molecule has 4 nitrogen and oxygen atoms in total. The predicted molar refractivity (Wildman–Crippen MR) is 107 cm³/mol. The maximum Gasteiger partial charge on any atom is 0.234 e. The fraction of sp³-hybridized carbons (Fsp3) is 0.222. The molecule has 2 amide bonds. The number of halogens is 2. The van der Waals surface area contributed by atoms with E-state index in [1.54, 1.807) is 30.3 Å². The summed E-state index contributed by atoms with van der Waals surface area (Å²) in [5.74, 6) is 0.0184. The second-order valence-electron chi connectivity index (χ2n) is 5.51. The van der Waals surface area contributed by atoms with Gasteiger partial charge in [0.25, 0.3) is 0 Å². The van der Waals surface area contributed by atoms with E-state index in [0.717, 1.165) is 11.1 Å². The number of hydrogen-bond donors (Lipinski definition) is 2. The summed E-state index contributed by atoms with van der Waals surface area (Å²) in [6.45, 7) is 3.76. The zero-order valence-electron chi connectivity index (χ0n) is 13.9. The summed E-state index contributed by atoms with van der Waals surface area (Å²) in [5, 5.41) is 6.79. The third-order valence-corrected chi connectivity index (χ3v) is 4.96. The molecule has 0 spiro atoms. The largest absolute Gasteiger partial charge is 0.325 e. The van der Waals surface area contributed by atoms with Crippen LogP contribution in [0.1, 0.15) is 11.1 Å². The van der Waals surface area contributed by atoms with E-state index in [1.807, 2.05) is 19.9 Å². The van der Waals surface area contributed by atoms with Crippen molar-refractivity contribution in [1.82, 2.24) is 0 Å². The number of carbonyl (C=O) groups is 2. The first-order valence-electron chi connectivity index (χ1n) is 7.55. The van der Waals surface area contributed by atoms with Gasteiger partial charge in [0.2, 0.25) is 11.8 Å². The van der Waals surface area contributed by atoms with Gasteiger partial charge >= 0.3 is 0 Å². The van der Waals surface area contributed by atoms with Crippen molar-refractivity contribution in [2.24, 2.45) is 0 Å². The molecule has 0 unspecified atom stereocenters. The standard InChI is InChI=1S/C18H18Cl2N2O2S/c1-11-3-5-14(8-15(11)20)21-17(23)9-25-10-18(24)22-16-6-4-13(19)7-12(16)2/h3-8H,9-10H2,1-2H3,(H,21,23)(H,22,24). The molecule has 0 radical (unpaired) electrons. The Morgan fingerprint density at radius 3 is 2.24 bits per heavy atom. The molecule has 0 bridgehead atoms. The first-order valence-corrected chi connectivity index (χ1v) is 9.46. The van der Waals surface area contributed by atoms with Crippen LogP contribution >= 0.6 is 35.0 Å². The maximum atomic E-state index is 12.0.